The normalized spacial score (nSPS) is 16.8. The van der Waals surface area contributed by atoms with Crippen molar-refractivity contribution in [3.8, 4) is 5.69 Å². The number of benzene rings is 2. The van der Waals surface area contributed by atoms with E-state index >= 15 is 0 Å². The van der Waals surface area contributed by atoms with Gasteiger partial charge in [-0.25, -0.2) is 0 Å². The number of aromatic nitrogens is 1. The molecule has 0 unspecified atom stereocenters. The predicted octanol–water partition coefficient (Wildman–Crippen LogP) is 5.72. The molecular formula is C25H20ClN5OS. The maximum absolute atomic E-state index is 12.9. The van der Waals surface area contributed by atoms with Crippen LogP contribution in [0.4, 0.5) is 0 Å². The summed E-state index contributed by atoms with van der Waals surface area (Å²) in [5, 5.41) is 16.5. The number of carbonyl (C=O) groups is 1. The summed E-state index contributed by atoms with van der Waals surface area (Å²) in [5.74, 6) is -0.417. The Kier molecular flexibility index (Phi) is 5.31. The van der Waals surface area contributed by atoms with Crippen molar-refractivity contribution in [2.75, 3.05) is 0 Å². The number of aryl methyl sites for hydroxylation is 2. The molecule has 33 heavy (non-hydrogen) atoms. The van der Waals surface area contributed by atoms with E-state index in [2.05, 4.69) is 14.7 Å². The highest BCUT2D eigenvalue weighted by molar-refractivity contribution is 8.27. The number of amides is 1. The molecule has 2 aromatic carbocycles. The van der Waals surface area contributed by atoms with Crippen molar-refractivity contribution in [1.29, 1.82) is 5.41 Å². The number of halogens is 1. The van der Waals surface area contributed by atoms with E-state index in [9.17, 15) is 4.79 Å². The standard InChI is InChI=1S/C25H20ClN5OS/c1-14-6-4-7-17(10-14)24-29-31-22(27)21(23(32)28-25(31)33-24)12-18-11-15(2)30(16(18)3)20-9-5-8-19(26)13-20/h4-13,27H,1-3H3. The number of fused-ring (bicyclic) bond motifs is 1. The summed E-state index contributed by atoms with van der Waals surface area (Å²) in [4.78, 5) is 17.1. The van der Waals surface area contributed by atoms with Gasteiger partial charge in [0.05, 0.1) is 5.57 Å². The van der Waals surface area contributed by atoms with Gasteiger partial charge in [-0.2, -0.15) is 15.1 Å². The van der Waals surface area contributed by atoms with E-state index in [0.29, 0.717) is 10.2 Å². The Morgan fingerprint density at radius 1 is 1.06 bits per heavy atom. The lowest BCUT2D eigenvalue weighted by Gasteiger charge is -2.20. The number of amidine groups is 2. The zero-order chi connectivity index (χ0) is 23.3. The molecule has 8 heteroatoms. The Balaban J connectivity index is 1.52. The second-order valence-electron chi connectivity index (χ2n) is 7.94. The first-order valence-corrected chi connectivity index (χ1v) is 11.5. The zero-order valence-corrected chi connectivity index (χ0v) is 19.8. The summed E-state index contributed by atoms with van der Waals surface area (Å²) < 4.78 is 2.07. The van der Waals surface area contributed by atoms with Gasteiger partial charge in [0.25, 0.3) is 5.91 Å². The van der Waals surface area contributed by atoms with Gasteiger partial charge in [-0.1, -0.05) is 41.4 Å². The molecular weight excluding hydrogens is 454 g/mol. The van der Waals surface area contributed by atoms with Gasteiger partial charge in [-0.3, -0.25) is 10.2 Å². The Bertz CT molecular complexity index is 1430. The molecule has 1 amide bonds. The zero-order valence-electron chi connectivity index (χ0n) is 18.3. The van der Waals surface area contributed by atoms with Gasteiger partial charge in [0, 0.05) is 27.7 Å². The lowest BCUT2D eigenvalue weighted by molar-refractivity contribution is -0.114. The molecule has 3 heterocycles. The minimum Gasteiger partial charge on any atom is -0.318 e. The molecule has 5 rings (SSSR count). The van der Waals surface area contributed by atoms with E-state index in [1.807, 2.05) is 75.4 Å². The summed E-state index contributed by atoms with van der Waals surface area (Å²) in [6, 6.07) is 17.6. The van der Waals surface area contributed by atoms with Gasteiger partial charge < -0.3 is 4.57 Å². The summed E-state index contributed by atoms with van der Waals surface area (Å²) in [6.45, 7) is 5.99. The van der Waals surface area contributed by atoms with Crippen molar-refractivity contribution in [2.24, 2.45) is 10.1 Å². The molecule has 1 aromatic heterocycles. The maximum Gasteiger partial charge on any atom is 0.283 e. The molecule has 0 saturated carbocycles. The van der Waals surface area contributed by atoms with Crippen molar-refractivity contribution in [2.45, 2.75) is 20.8 Å². The topological polar surface area (TPSA) is 73.8 Å². The van der Waals surface area contributed by atoms with Crippen molar-refractivity contribution in [1.82, 2.24) is 9.58 Å². The van der Waals surface area contributed by atoms with E-state index < -0.39 is 5.91 Å². The number of carbonyl (C=O) groups excluding carboxylic acids is 1. The molecule has 1 N–H and O–H groups in total. The van der Waals surface area contributed by atoms with Crippen LogP contribution in [0, 0.1) is 26.2 Å². The quantitative estimate of drug-likeness (QED) is 0.494. The van der Waals surface area contributed by atoms with Gasteiger partial charge in [0.15, 0.2) is 5.84 Å². The van der Waals surface area contributed by atoms with Gasteiger partial charge >= 0.3 is 0 Å². The number of hydrazone groups is 1. The highest BCUT2D eigenvalue weighted by Crippen LogP contribution is 2.32. The van der Waals surface area contributed by atoms with Crippen molar-refractivity contribution >= 4 is 51.4 Å². The Labute approximate surface area is 200 Å². The first kappa shape index (κ1) is 21.4. The van der Waals surface area contributed by atoms with Crippen LogP contribution >= 0.6 is 23.4 Å². The number of thioether (sulfide) groups is 1. The first-order chi connectivity index (χ1) is 15.8. The fourth-order valence-electron chi connectivity index (χ4n) is 3.99. The number of nitrogens with one attached hydrogen (secondary N) is 1. The van der Waals surface area contributed by atoms with Crippen molar-refractivity contribution in [3.63, 3.8) is 0 Å². The molecule has 0 spiro atoms. The molecule has 2 aliphatic rings. The lowest BCUT2D eigenvalue weighted by Crippen LogP contribution is -2.35. The third kappa shape index (κ3) is 3.83. The monoisotopic (exact) mass is 473 g/mol. The molecule has 164 valence electrons. The van der Waals surface area contributed by atoms with Crippen molar-refractivity contribution < 1.29 is 4.79 Å². The fourth-order valence-corrected chi connectivity index (χ4v) is 5.06. The van der Waals surface area contributed by atoms with Crippen molar-refractivity contribution in [3.05, 3.63) is 93.3 Å². The Hall–Kier alpha value is -3.42. The molecule has 0 radical (unpaired) electrons. The maximum atomic E-state index is 12.9. The summed E-state index contributed by atoms with van der Waals surface area (Å²) in [7, 11) is 0. The third-order valence-electron chi connectivity index (χ3n) is 5.56. The number of nitrogens with zero attached hydrogens (tertiary/aromatic N) is 4. The second kappa shape index (κ2) is 8.17. The second-order valence-corrected chi connectivity index (χ2v) is 9.33. The van der Waals surface area contributed by atoms with E-state index in [0.717, 1.165) is 38.8 Å². The van der Waals surface area contributed by atoms with Crippen LogP contribution in [-0.4, -0.2) is 31.5 Å². The summed E-state index contributed by atoms with van der Waals surface area (Å²) in [6.07, 6.45) is 1.72. The molecule has 0 bridgehead atoms. The molecule has 2 aliphatic heterocycles. The molecule has 0 fully saturated rings. The summed E-state index contributed by atoms with van der Waals surface area (Å²) >= 11 is 7.48. The highest BCUT2D eigenvalue weighted by atomic mass is 35.5. The number of hydrogen-bond acceptors (Lipinski definition) is 4. The summed E-state index contributed by atoms with van der Waals surface area (Å²) in [5.41, 5.74) is 5.98. The van der Waals surface area contributed by atoms with E-state index in [4.69, 9.17) is 17.0 Å². The SMILES string of the molecule is Cc1cccc(C2=NN3C(=N)C(=Cc4cc(C)n(-c5cccc(Cl)c5)c4C)C(=O)N=C3S2)c1. The molecule has 6 nitrogen and oxygen atoms in total. The van der Waals surface area contributed by atoms with Crippen LogP contribution < -0.4 is 0 Å². The molecule has 0 atom stereocenters. The van der Waals surface area contributed by atoms with Crippen LogP contribution in [0.3, 0.4) is 0 Å². The van der Waals surface area contributed by atoms with Crippen LogP contribution in [0.2, 0.25) is 5.02 Å². The number of rotatable bonds is 3. The van der Waals surface area contributed by atoms with E-state index in [1.54, 1.807) is 6.08 Å². The first-order valence-electron chi connectivity index (χ1n) is 10.3. The van der Waals surface area contributed by atoms with Crippen LogP contribution in [0.15, 0.2) is 70.3 Å². The van der Waals surface area contributed by atoms with Crippen LogP contribution in [0.5, 0.6) is 0 Å². The van der Waals surface area contributed by atoms with Crippen LogP contribution in [0.1, 0.15) is 28.1 Å². The van der Waals surface area contributed by atoms with E-state index in [1.165, 1.54) is 16.8 Å². The lowest BCUT2D eigenvalue weighted by atomic mass is 10.1. The third-order valence-corrected chi connectivity index (χ3v) is 6.75. The van der Waals surface area contributed by atoms with Crippen LogP contribution in [-0.2, 0) is 4.79 Å². The minimum atomic E-state index is -0.438. The fraction of sp³-hybridized carbons (Fsp3) is 0.120. The Morgan fingerprint density at radius 3 is 2.61 bits per heavy atom. The van der Waals surface area contributed by atoms with Gasteiger partial charge in [-0.15, -0.1) is 0 Å². The average molecular weight is 474 g/mol. The highest BCUT2D eigenvalue weighted by Gasteiger charge is 2.36. The molecule has 3 aromatic rings. The predicted molar refractivity (Wildman–Crippen MR) is 136 cm³/mol. The molecule has 0 aliphatic carbocycles. The number of aliphatic imine (C=N–C) groups is 1. The van der Waals surface area contributed by atoms with E-state index in [-0.39, 0.29) is 11.4 Å². The largest absolute Gasteiger partial charge is 0.318 e. The Morgan fingerprint density at radius 2 is 1.85 bits per heavy atom. The minimum absolute atomic E-state index is 0.0210. The van der Waals surface area contributed by atoms with Gasteiger partial charge in [0.1, 0.15) is 5.04 Å². The van der Waals surface area contributed by atoms with Gasteiger partial charge in [0.2, 0.25) is 5.17 Å². The average Bonchev–Trinajstić information content (AvgIpc) is 3.31. The van der Waals surface area contributed by atoms with Crippen LogP contribution in [0.25, 0.3) is 11.8 Å². The van der Waals surface area contributed by atoms with Gasteiger partial charge in [-0.05, 0) is 74.5 Å². The molecule has 0 saturated heterocycles. The number of hydrogen-bond donors (Lipinski definition) is 1. The smallest absolute Gasteiger partial charge is 0.283 e.